The van der Waals surface area contributed by atoms with E-state index in [1.54, 1.807) is 21.3 Å². The molecule has 6 heteroatoms. The molecule has 0 radical (unpaired) electrons. The van der Waals surface area contributed by atoms with Gasteiger partial charge < -0.3 is 19.5 Å². The van der Waals surface area contributed by atoms with Gasteiger partial charge >= 0.3 is 0 Å². The lowest BCUT2D eigenvalue weighted by atomic mass is 10.1. The first-order valence-electron chi connectivity index (χ1n) is 7.97. The maximum atomic E-state index is 5.42. The predicted octanol–water partition coefficient (Wildman–Crippen LogP) is 3.75. The van der Waals surface area contributed by atoms with E-state index in [1.165, 1.54) is 5.56 Å². The molecule has 25 heavy (non-hydrogen) atoms. The van der Waals surface area contributed by atoms with E-state index >= 15 is 0 Å². The van der Waals surface area contributed by atoms with E-state index in [4.69, 9.17) is 14.2 Å². The van der Waals surface area contributed by atoms with Gasteiger partial charge in [-0.2, -0.15) is 5.10 Å². The number of anilines is 2. The maximum absolute atomic E-state index is 5.42. The van der Waals surface area contributed by atoms with Crippen LogP contribution in [0, 0.1) is 0 Å². The van der Waals surface area contributed by atoms with E-state index in [0.717, 1.165) is 46.2 Å². The van der Waals surface area contributed by atoms with Crippen molar-refractivity contribution in [2.45, 2.75) is 6.42 Å². The van der Waals surface area contributed by atoms with Crippen molar-refractivity contribution in [3.8, 4) is 28.5 Å². The summed E-state index contributed by atoms with van der Waals surface area (Å²) in [6, 6.07) is 11.8. The normalized spacial score (nSPS) is 11.6. The van der Waals surface area contributed by atoms with Crippen LogP contribution < -0.4 is 19.5 Å². The molecule has 0 bridgehead atoms. The van der Waals surface area contributed by atoms with Crippen molar-refractivity contribution in [2.75, 3.05) is 26.6 Å². The molecule has 0 aliphatic heterocycles. The van der Waals surface area contributed by atoms with Crippen LogP contribution >= 0.6 is 0 Å². The fourth-order valence-electron chi connectivity index (χ4n) is 3.23. The number of nitrogens with one attached hydrogen (secondary N) is 2. The van der Waals surface area contributed by atoms with Crippen molar-refractivity contribution in [3.63, 3.8) is 0 Å². The number of hydrogen-bond donors (Lipinski definition) is 2. The molecule has 1 aromatic heterocycles. The lowest BCUT2D eigenvalue weighted by Gasteiger charge is -2.10. The van der Waals surface area contributed by atoms with Crippen LogP contribution in [0.15, 0.2) is 36.4 Å². The summed E-state index contributed by atoms with van der Waals surface area (Å²) in [5.74, 6) is 3.02. The van der Waals surface area contributed by atoms with Gasteiger partial charge in [-0.25, -0.2) is 0 Å². The van der Waals surface area contributed by atoms with Crippen LogP contribution in [0.25, 0.3) is 11.3 Å². The summed E-state index contributed by atoms with van der Waals surface area (Å²) in [5.41, 5.74) is 5.28. The van der Waals surface area contributed by atoms with Crippen molar-refractivity contribution < 1.29 is 14.2 Å². The average molecular weight is 337 g/mol. The third-order valence-electron chi connectivity index (χ3n) is 4.47. The van der Waals surface area contributed by atoms with E-state index in [-0.39, 0.29) is 0 Å². The molecule has 0 saturated heterocycles. The highest BCUT2D eigenvalue weighted by molar-refractivity contribution is 5.82. The van der Waals surface area contributed by atoms with E-state index in [2.05, 4.69) is 15.5 Å². The number of ether oxygens (including phenoxy) is 3. The van der Waals surface area contributed by atoms with Crippen LogP contribution in [0.1, 0.15) is 11.1 Å². The fourth-order valence-corrected chi connectivity index (χ4v) is 3.23. The number of aromatic nitrogens is 2. The Kier molecular flexibility index (Phi) is 3.72. The summed E-state index contributed by atoms with van der Waals surface area (Å²) < 4.78 is 16.2. The fraction of sp³-hybridized carbons (Fsp3) is 0.211. The molecule has 0 unspecified atom stereocenters. The third kappa shape index (κ3) is 2.46. The van der Waals surface area contributed by atoms with Crippen LogP contribution in [0.2, 0.25) is 0 Å². The third-order valence-corrected chi connectivity index (χ3v) is 4.47. The Balaban J connectivity index is 1.72. The number of nitrogens with zero attached hydrogens (tertiary/aromatic N) is 1. The first-order chi connectivity index (χ1) is 12.2. The molecule has 1 aliphatic carbocycles. The molecule has 0 atom stereocenters. The molecule has 2 aromatic carbocycles. The van der Waals surface area contributed by atoms with Gasteiger partial charge in [0, 0.05) is 17.5 Å². The molecule has 4 rings (SSSR count). The SMILES string of the molecule is COc1ccccc1Nc1n[nH]c2c1Cc1cc(OC)c(OC)cc1-2. The van der Waals surface area contributed by atoms with Gasteiger partial charge in [-0.3, -0.25) is 5.10 Å². The van der Waals surface area contributed by atoms with Crippen LogP contribution in [0.5, 0.6) is 17.2 Å². The van der Waals surface area contributed by atoms with Crippen LogP contribution in [-0.4, -0.2) is 31.5 Å². The Morgan fingerprint density at radius 3 is 2.44 bits per heavy atom. The molecule has 1 aliphatic rings. The van der Waals surface area contributed by atoms with Crippen molar-refractivity contribution in [2.24, 2.45) is 0 Å². The minimum atomic E-state index is 0.711. The van der Waals surface area contributed by atoms with Gasteiger partial charge in [-0.15, -0.1) is 0 Å². The number of fused-ring (bicyclic) bond motifs is 3. The van der Waals surface area contributed by atoms with Gasteiger partial charge in [-0.05, 0) is 29.8 Å². The van der Waals surface area contributed by atoms with Crippen molar-refractivity contribution in [1.82, 2.24) is 10.2 Å². The Morgan fingerprint density at radius 1 is 0.960 bits per heavy atom. The van der Waals surface area contributed by atoms with Crippen LogP contribution in [-0.2, 0) is 6.42 Å². The van der Waals surface area contributed by atoms with E-state index in [9.17, 15) is 0 Å². The Hall–Kier alpha value is -3.15. The van der Waals surface area contributed by atoms with Gasteiger partial charge in [0.2, 0.25) is 0 Å². The number of rotatable bonds is 5. The summed E-state index contributed by atoms with van der Waals surface area (Å²) in [6.45, 7) is 0. The summed E-state index contributed by atoms with van der Waals surface area (Å²) in [6.07, 6.45) is 0.777. The van der Waals surface area contributed by atoms with Gasteiger partial charge in [0.15, 0.2) is 17.3 Å². The average Bonchev–Trinajstić information content (AvgIpc) is 3.20. The first-order valence-corrected chi connectivity index (χ1v) is 7.97. The summed E-state index contributed by atoms with van der Waals surface area (Å²) in [7, 11) is 4.94. The zero-order chi connectivity index (χ0) is 17.4. The zero-order valence-electron chi connectivity index (χ0n) is 14.3. The number of benzene rings is 2. The number of H-pyrrole nitrogens is 1. The van der Waals surface area contributed by atoms with Gasteiger partial charge in [-0.1, -0.05) is 12.1 Å². The highest BCUT2D eigenvalue weighted by atomic mass is 16.5. The lowest BCUT2D eigenvalue weighted by molar-refractivity contribution is 0.355. The maximum Gasteiger partial charge on any atom is 0.161 e. The molecule has 0 fully saturated rings. The highest BCUT2D eigenvalue weighted by Crippen LogP contribution is 2.44. The van der Waals surface area contributed by atoms with Gasteiger partial charge in [0.05, 0.1) is 32.7 Å². The molecular formula is C19H19N3O3. The van der Waals surface area contributed by atoms with E-state index < -0.39 is 0 Å². The Morgan fingerprint density at radius 2 is 1.68 bits per heavy atom. The second-order valence-corrected chi connectivity index (χ2v) is 5.79. The molecule has 3 aromatic rings. The van der Waals surface area contributed by atoms with Crippen molar-refractivity contribution in [1.29, 1.82) is 0 Å². The Labute approximate surface area is 145 Å². The van der Waals surface area contributed by atoms with E-state index in [0.29, 0.717) is 5.75 Å². The summed E-state index contributed by atoms with van der Waals surface area (Å²) in [4.78, 5) is 0. The Bertz CT molecular complexity index is 934. The second-order valence-electron chi connectivity index (χ2n) is 5.79. The smallest absolute Gasteiger partial charge is 0.161 e. The second kappa shape index (κ2) is 6.05. The monoisotopic (exact) mass is 337 g/mol. The van der Waals surface area contributed by atoms with E-state index in [1.807, 2.05) is 36.4 Å². The molecule has 1 heterocycles. The minimum Gasteiger partial charge on any atom is -0.495 e. The summed E-state index contributed by atoms with van der Waals surface area (Å²) in [5, 5.41) is 10.9. The number of methoxy groups -OCH3 is 3. The highest BCUT2D eigenvalue weighted by Gasteiger charge is 2.27. The minimum absolute atomic E-state index is 0.711. The largest absolute Gasteiger partial charge is 0.495 e. The quantitative estimate of drug-likeness (QED) is 0.580. The number of para-hydroxylation sites is 2. The van der Waals surface area contributed by atoms with Crippen molar-refractivity contribution >= 4 is 11.5 Å². The molecule has 0 spiro atoms. The standard InChI is InChI=1S/C19H19N3O3/c1-23-15-7-5-4-6-14(15)20-19-13-8-11-9-16(24-2)17(25-3)10-12(11)18(13)21-22-19/h4-7,9-10H,8H2,1-3H3,(H2,20,21,22). The lowest BCUT2D eigenvalue weighted by Crippen LogP contribution is -1.97. The van der Waals surface area contributed by atoms with Gasteiger partial charge in [0.1, 0.15) is 5.75 Å². The van der Waals surface area contributed by atoms with Crippen molar-refractivity contribution in [3.05, 3.63) is 47.5 Å². The molecular weight excluding hydrogens is 318 g/mol. The summed E-state index contributed by atoms with van der Waals surface area (Å²) >= 11 is 0. The van der Waals surface area contributed by atoms with Crippen LogP contribution in [0.4, 0.5) is 11.5 Å². The number of aromatic amines is 1. The van der Waals surface area contributed by atoms with Gasteiger partial charge in [0.25, 0.3) is 0 Å². The number of hydrogen-bond acceptors (Lipinski definition) is 5. The predicted molar refractivity (Wildman–Crippen MR) is 96.2 cm³/mol. The molecule has 128 valence electrons. The van der Waals surface area contributed by atoms with Crippen LogP contribution in [0.3, 0.4) is 0 Å². The molecule has 6 nitrogen and oxygen atoms in total. The molecule has 2 N–H and O–H groups in total. The topological polar surface area (TPSA) is 68.4 Å². The first kappa shape index (κ1) is 15.4. The zero-order valence-corrected chi connectivity index (χ0v) is 14.3. The molecule has 0 amide bonds. The molecule has 0 saturated carbocycles.